The molecule has 19 heavy (non-hydrogen) atoms. The SMILES string of the molecule is C#CCCCCNCc1nnc(-c2ccccc2)o1. The summed E-state index contributed by atoms with van der Waals surface area (Å²) in [4.78, 5) is 0. The highest BCUT2D eigenvalue weighted by molar-refractivity contribution is 5.51. The van der Waals surface area contributed by atoms with Crippen molar-refractivity contribution in [2.45, 2.75) is 25.8 Å². The van der Waals surface area contributed by atoms with E-state index in [0.717, 1.165) is 31.4 Å². The fourth-order valence-electron chi connectivity index (χ4n) is 1.69. The van der Waals surface area contributed by atoms with Crippen molar-refractivity contribution in [1.29, 1.82) is 0 Å². The minimum absolute atomic E-state index is 0.560. The zero-order valence-electron chi connectivity index (χ0n) is 10.8. The van der Waals surface area contributed by atoms with E-state index in [2.05, 4.69) is 21.4 Å². The zero-order chi connectivity index (χ0) is 13.3. The summed E-state index contributed by atoms with van der Waals surface area (Å²) >= 11 is 0. The summed E-state index contributed by atoms with van der Waals surface area (Å²) in [5.41, 5.74) is 0.940. The maximum absolute atomic E-state index is 5.58. The molecule has 4 nitrogen and oxygen atoms in total. The minimum atomic E-state index is 0.560. The summed E-state index contributed by atoms with van der Waals surface area (Å²) in [5.74, 6) is 3.80. The molecule has 0 aliphatic heterocycles. The molecule has 1 heterocycles. The van der Waals surface area contributed by atoms with Crippen LogP contribution in [0.5, 0.6) is 0 Å². The summed E-state index contributed by atoms with van der Waals surface area (Å²) in [6.45, 7) is 1.50. The van der Waals surface area contributed by atoms with E-state index >= 15 is 0 Å². The van der Waals surface area contributed by atoms with Gasteiger partial charge in [0.1, 0.15) is 0 Å². The predicted molar refractivity (Wildman–Crippen MR) is 74.1 cm³/mol. The average Bonchev–Trinajstić information content (AvgIpc) is 2.92. The van der Waals surface area contributed by atoms with Crippen LogP contribution in [0.2, 0.25) is 0 Å². The first-order chi connectivity index (χ1) is 9.40. The molecule has 4 heteroatoms. The van der Waals surface area contributed by atoms with Crippen LogP contribution < -0.4 is 5.32 Å². The third-order valence-corrected chi connectivity index (χ3v) is 2.69. The third-order valence-electron chi connectivity index (χ3n) is 2.69. The standard InChI is InChI=1S/C15H17N3O/c1-2-3-4-8-11-16-12-14-17-18-15(19-14)13-9-6-5-7-10-13/h1,5-7,9-10,16H,3-4,8,11-12H2. The molecule has 2 rings (SSSR count). The van der Waals surface area contributed by atoms with E-state index in [1.165, 1.54) is 0 Å². The number of nitrogens with one attached hydrogen (secondary N) is 1. The quantitative estimate of drug-likeness (QED) is 0.610. The molecule has 0 bridgehead atoms. The van der Waals surface area contributed by atoms with Gasteiger partial charge in [-0.3, -0.25) is 0 Å². The van der Waals surface area contributed by atoms with Gasteiger partial charge in [-0.2, -0.15) is 0 Å². The van der Waals surface area contributed by atoms with E-state index in [9.17, 15) is 0 Å². The molecule has 1 aromatic carbocycles. The molecule has 0 radical (unpaired) electrons. The van der Waals surface area contributed by atoms with Crippen molar-refractivity contribution in [3.63, 3.8) is 0 Å². The van der Waals surface area contributed by atoms with Crippen LogP contribution in [-0.4, -0.2) is 16.7 Å². The van der Waals surface area contributed by atoms with Gasteiger partial charge in [0.25, 0.3) is 0 Å². The first-order valence-corrected chi connectivity index (χ1v) is 6.42. The van der Waals surface area contributed by atoms with Crippen LogP contribution >= 0.6 is 0 Å². The van der Waals surface area contributed by atoms with Gasteiger partial charge in [-0.05, 0) is 31.5 Å². The predicted octanol–water partition coefficient (Wildman–Crippen LogP) is 2.63. The van der Waals surface area contributed by atoms with Crippen molar-refractivity contribution in [2.24, 2.45) is 0 Å². The van der Waals surface area contributed by atoms with E-state index in [1.54, 1.807) is 0 Å². The highest BCUT2D eigenvalue weighted by Gasteiger charge is 2.06. The van der Waals surface area contributed by atoms with E-state index < -0.39 is 0 Å². The van der Waals surface area contributed by atoms with E-state index in [-0.39, 0.29) is 0 Å². The van der Waals surface area contributed by atoms with E-state index in [0.29, 0.717) is 18.3 Å². The largest absolute Gasteiger partial charge is 0.419 e. The van der Waals surface area contributed by atoms with Crippen LogP contribution in [0.3, 0.4) is 0 Å². The van der Waals surface area contributed by atoms with Crippen LogP contribution in [-0.2, 0) is 6.54 Å². The van der Waals surface area contributed by atoms with Crippen LogP contribution in [0.4, 0.5) is 0 Å². The Morgan fingerprint density at radius 2 is 2.00 bits per heavy atom. The van der Waals surface area contributed by atoms with Gasteiger partial charge in [-0.15, -0.1) is 22.5 Å². The maximum atomic E-state index is 5.58. The molecule has 1 aromatic heterocycles. The number of unbranched alkanes of at least 4 members (excludes halogenated alkanes) is 2. The minimum Gasteiger partial charge on any atom is -0.419 e. The number of hydrogen-bond acceptors (Lipinski definition) is 4. The summed E-state index contributed by atoms with van der Waals surface area (Å²) < 4.78 is 5.58. The molecule has 0 aliphatic carbocycles. The number of rotatable bonds is 7. The fraction of sp³-hybridized carbons (Fsp3) is 0.333. The van der Waals surface area contributed by atoms with Gasteiger partial charge in [0.2, 0.25) is 11.8 Å². The lowest BCUT2D eigenvalue weighted by molar-refractivity contribution is 0.474. The van der Waals surface area contributed by atoms with Gasteiger partial charge in [0.15, 0.2) is 0 Å². The summed E-state index contributed by atoms with van der Waals surface area (Å²) in [5, 5.41) is 11.3. The van der Waals surface area contributed by atoms with Crippen molar-refractivity contribution >= 4 is 0 Å². The monoisotopic (exact) mass is 255 g/mol. The molecule has 1 N–H and O–H groups in total. The van der Waals surface area contributed by atoms with Crippen molar-refractivity contribution in [3.05, 3.63) is 36.2 Å². The molecule has 0 atom stereocenters. The van der Waals surface area contributed by atoms with Crippen LogP contribution in [0.15, 0.2) is 34.7 Å². The zero-order valence-corrected chi connectivity index (χ0v) is 10.8. The van der Waals surface area contributed by atoms with Crippen molar-refractivity contribution < 1.29 is 4.42 Å². The van der Waals surface area contributed by atoms with Crippen molar-refractivity contribution in [3.8, 4) is 23.8 Å². The normalized spacial score (nSPS) is 10.3. The Bertz CT molecular complexity index is 528. The molecular formula is C15H17N3O. The molecule has 0 unspecified atom stereocenters. The lowest BCUT2D eigenvalue weighted by Crippen LogP contribution is -2.14. The molecule has 0 aliphatic rings. The first kappa shape index (κ1) is 13.3. The Labute approximate surface area is 113 Å². The highest BCUT2D eigenvalue weighted by atomic mass is 16.4. The number of aromatic nitrogens is 2. The number of nitrogens with zero attached hydrogens (tertiary/aromatic N) is 2. The molecular weight excluding hydrogens is 238 g/mol. The topological polar surface area (TPSA) is 51.0 Å². The second-order valence-electron chi connectivity index (χ2n) is 4.20. The summed E-state index contributed by atoms with van der Waals surface area (Å²) in [7, 11) is 0. The van der Waals surface area contributed by atoms with Crippen LogP contribution in [0.25, 0.3) is 11.5 Å². The van der Waals surface area contributed by atoms with Gasteiger partial charge >= 0.3 is 0 Å². The van der Waals surface area contributed by atoms with Gasteiger partial charge in [0.05, 0.1) is 6.54 Å². The molecule has 0 saturated carbocycles. The average molecular weight is 255 g/mol. The Kier molecular flexibility index (Phi) is 5.15. The molecule has 0 spiro atoms. The Morgan fingerprint density at radius 1 is 1.16 bits per heavy atom. The second-order valence-corrected chi connectivity index (χ2v) is 4.20. The highest BCUT2D eigenvalue weighted by Crippen LogP contribution is 2.16. The summed E-state index contributed by atoms with van der Waals surface area (Å²) in [6, 6.07) is 9.75. The third kappa shape index (κ3) is 4.23. The molecule has 2 aromatic rings. The lowest BCUT2D eigenvalue weighted by atomic mass is 10.2. The van der Waals surface area contributed by atoms with Crippen LogP contribution in [0, 0.1) is 12.3 Å². The fourth-order valence-corrected chi connectivity index (χ4v) is 1.69. The Morgan fingerprint density at radius 3 is 2.79 bits per heavy atom. The van der Waals surface area contributed by atoms with Gasteiger partial charge in [-0.1, -0.05) is 18.2 Å². The first-order valence-electron chi connectivity index (χ1n) is 6.42. The van der Waals surface area contributed by atoms with Gasteiger partial charge in [0, 0.05) is 12.0 Å². The molecule has 98 valence electrons. The molecule has 0 fully saturated rings. The number of benzene rings is 1. The van der Waals surface area contributed by atoms with Gasteiger partial charge in [-0.25, -0.2) is 0 Å². The number of hydrogen-bond donors (Lipinski definition) is 1. The Hall–Kier alpha value is -2.12. The molecule has 0 amide bonds. The second kappa shape index (κ2) is 7.34. The van der Waals surface area contributed by atoms with Crippen molar-refractivity contribution in [2.75, 3.05) is 6.54 Å². The summed E-state index contributed by atoms with van der Waals surface area (Å²) in [6.07, 6.45) is 8.13. The number of terminal acetylenes is 1. The van der Waals surface area contributed by atoms with Crippen LogP contribution in [0.1, 0.15) is 25.2 Å². The van der Waals surface area contributed by atoms with Crippen molar-refractivity contribution in [1.82, 2.24) is 15.5 Å². The van der Waals surface area contributed by atoms with E-state index in [1.807, 2.05) is 30.3 Å². The van der Waals surface area contributed by atoms with Gasteiger partial charge < -0.3 is 9.73 Å². The maximum Gasteiger partial charge on any atom is 0.247 e. The lowest BCUT2D eigenvalue weighted by Gasteiger charge is -1.99. The Balaban J connectivity index is 1.77. The smallest absolute Gasteiger partial charge is 0.247 e. The molecule has 0 saturated heterocycles. The van der Waals surface area contributed by atoms with E-state index in [4.69, 9.17) is 10.8 Å².